The third kappa shape index (κ3) is 4.75. The number of hydrogen-bond donors (Lipinski definition) is 0. The van der Waals surface area contributed by atoms with E-state index in [9.17, 15) is 4.79 Å². The second-order valence-electron chi connectivity index (χ2n) is 5.74. The van der Waals surface area contributed by atoms with E-state index in [0.717, 1.165) is 43.8 Å². The molecule has 116 valence electrons. The summed E-state index contributed by atoms with van der Waals surface area (Å²) < 4.78 is 5.74. The van der Waals surface area contributed by atoms with Crippen LogP contribution < -0.4 is 4.74 Å². The number of rotatable bonds is 8. The minimum Gasteiger partial charge on any atom is -0.494 e. The number of aldehydes is 1. The van der Waals surface area contributed by atoms with Gasteiger partial charge in [-0.15, -0.1) is 0 Å². The lowest BCUT2D eigenvalue weighted by Gasteiger charge is -2.22. The quantitative estimate of drug-likeness (QED) is 0.544. The molecule has 0 radical (unpaired) electrons. The smallest absolute Gasteiger partial charge is 0.134 e. The molecule has 1 heterocycles. The molecule has 0 spiro atoms. The zero-order valence-electron chi connectivity index (χ0n) is 13.0. The van der Waals surface area contributed by atoms with Crippen molar-refractivity contribution < 1.29 is 9.53 Å². The van der Waals surface area contributed by atoms with Gasteiger partial charge < -0.3 is 9.53 Å². The highest BCUT2D eigenvalue weighted by Crippen LogP contribution is 2.35. The third-order valence-electron chi connectivity index (χ3n) is 3.95. The predicted octanol–water partition coefficient (Wildman–Crippen LogP) is 3.40. The third-order valence-corrected chi connectivity index (χ3v) is 4.64. The lowest BCUT2D eigenvalue weighted by atomic mass is 10.0. The molecular weight excluding hydrogens is 282 g/mol. The van der Waals surface area contributed by atoms with Crippen LogP contribution in [0.25, 0.3) is 0 Å². The van der Waals surface area contributed by atoms with Crippen LogP contribution in [0.15, 0.2) is 24.3 Å². The molecule has 1 fully saturated rings. The van der Waals surface area contributed by atoms with Crippen molar-refractivity contribution in [3.8, 4) is 5.75 Å². The molecule has 0 aliphatic carbocycles. The molecule has 1 aliphatic rings. The molecule has 0 amide bonds. The summed E-state index contributed by atoms with van der Waals surface area (Å²) in [6.45, 7) is 4.57. The van der Waals surface area contributed by atoms with Gasteiger partial charge in [0, 0.05) is 12.6 Å². The molecular formula is C17H25NO2S. The number of carbonyl (C=O) groups excluding carboxylic acids is 1. The van der Waals surface area contributed by atoms with E-state index >= 15 is 0 Å². The van der Waals surface area contributed by atoms with Gasteiger partial charge in [-0.05, 0) is 48.5 Å². The van der Waals surface area contributed by atoms with E-state index < -0.39 is 0 Å². The number of thioether (sulfide) groups is 1. The molecule has 21 heavy (non-hydrogen) atoms. The molecule has 2 rings (SSSR count). The summed E-state index contributed by atoms with van der Waals surface area (Å²) in [5.41, 5.74) is 1.29. The first-order chi connectivity index (χ1) is 10.2. The van der Waals surface area contributed by atoms with Crippen molar-refractivity contribution in [1.82, 2.24) is 4.90 Å². The monoisotopic (exact) mass is 307 g/mol. The molecule has 0 N–H and O–H groups in total. The van der Waals surface area contributed by atoms with Gasteiger partial charge in [-0.1, -0.05) is 19.1 Å². The summed E-state index contributed by atoms with van der Waals surface area (Å²) in [4.78, 5) is 13.1. The maximum Gasteiger partial charge on any atom is 0.134 e. The van der Waals surface area contributed by atoms with E-state index in [1.54, 1.807) is 0 Å². The number of hydrogen-bond acceptors (Lipinski definition) is 4. The Kier molecular flexibility index (Phi) is 6.58. The molecule has 1 aromatic rings. The Balaban J connectivity index is 1.93. The molecule has 0 aromatic heterocycles. The first-order valence-corrected chi connectivity index (χ1v) is 9.03. The predicted molar refractivity (Wildman–Crippen MR) is 89.1 cm³/mol. The first kappa shape index (κ1) is 16.4. The number of benzene rings is 1. The summed E-state index contributed by atoms with van der Waals surface area (Å²) in [5.74, 6) is 2.73. The van der Waals surface area contributed by atoms with Crippen molar-refractivity contribution in [1.29, 1.82) is 0 Å². The fourth-order valence-corrected chi connectivity index (χ4v) is 3.36. The van der Waals surface area contributed by atoms with Gasteiger partial charge in [0.15, 0.2) is 0 Å². The zero-order valence-corrected chi connectivity index (χ0v) is 13.8. The van der Waals surface area contributed by atoms with Crippen LogP contribution in [0.3, 0.4) is 0 Å². The van der Waals surface area contributed by atoms with Gasteiger partial charge in [0.05, 0.1) is 13.2 Å². The molecule has 4 heteroatoms. The minimum atomic E-state index is 0.371. The van der Waals surface area contributed by atoms with E-state index in [0.29, 0.717) is 18.5 Å². The Morgan fingerprint density at radius 1 is 1.38 bits per heavy atom. The van der Waals surface area contributed by atoms with E-state index in [2.05, 4.69) is 42.3 Å². The zero-order chi connectivity index (χ0) is 15.1. The van der Waals surface area contributed by atoms with Crippen molar-refractivity contribution >= 4 is 18.0 Å². The average molecular weight is 307 g/mol. The summed E-state index contributed by atoms with van der Waals surface area (Å²) in [7, 11) is 0. The maximum atomic E-state index is 10.8. The second kappa shape index (κ2) is 8.44. The highest BCUT2D eigenvalue weighted by molar-refractivity contribution is 7.98. The molecule has 3 nitrogen and oxygen atoms in total. The van der Waals surface area contributed by atoms with Gasteiger partial charge in [0.25, 0.3) is 0 Å². The lowest BCUT2D eigenvalue weighted by molar-refractivity contribution is -0.109. The number of carbonyl (C=O) groups is 1. The molecule has 1 saturated heterocycles. The van der Waals surface area contributed by atoms with Crippen LogP contribution in [0.1, 0.15) is 31.4 Å². The van der Waals surface area contributed by atoms with Crippen LogP contribution in [-0.2, 0) is 4.79 Å². The average Bonchev–Trinajstić information content (AvgIpc) is 2.85. The molecule has 0 saturated carbocycles. The molecule has 2 atom stereocenters. The Hall–Kier alpha value is -1.00. The summed E-state index contributed by atoms with van der Waals surface area (Å²) in [6.07, 6.45) is 5.33. The van der Waals surface area contributed by atoms with E-state index in [4.69, 9.17) is 4.74 Å². The van der Waals surface area contributed by atoms with Gasteiger partial charge in [-0.3, -0.25) is 4.90 Å². The SMILES string of the molecule is CSCCCOc1ccc(C2CC(C)CN2CC=O)cc1. The van der Waals surface area contributed by atoms with Crippen molar-refractivity contribution in [2.45, 2.75) is 25.8 Å². The Labute approximate surface area is 132 Å². The first-order valence-electron chi connectivity index (χ1n) is 7.64. The van der Waals surface area contributed by atoms with Crippen molar-refractivity contribution in [2.24, 2.45) is 5.92 Å². The second-order valence-corrected chi connectivity index (χ2v) is 6.73. The van der Waals surface area contributed by atoms with Gasteiger partial charge in [0.2, 0.25) is 0 Å². The number of nitrogens with zero attached hydrogens (tertiary/aromatic N) is 1. The van der Waals surface area contributed by atoms with Crippen LogP contribution >= 0.6 is 11.8 Å². The molecule has 2 unspecified atom stereocenters. The molecule has 1 aliphatic heterocycles. The van der Waals surface area contributed by atoms with Crippen LogP contribution in [0.2, 0.25) is 0 Å². The molecule has 0 bridgehead atoms. The fourth-order valence-electron chi connectivity index (χ4n) is 2.96. The topological polar surface area (TPSA) is 29.5 Å². The minimum absolute atomic E-state index is 0.371. The van der Waals surface area contributed by atoms with E-state index in [-0.39, 0.29) is 0 Å². The summed E-state index contributed by atoms with van der Waals surface area (Å²) >= 11 is 1.85. The van der Waals surface area contributed by atoms with Gasteiger partial charge in [-0.2, -0.15) is 11.8 Å². The largest absolute Gasteiger partial charge is 0.494 e. The number of ether oxygens (including phenoxy) is 1. The van der Waals surface area contributed by atoms with Gasteiger partial charge >= 0.3 is 0 Å². The highest BCUT2D eigenvalue weighted by Gasteiger charge is 2.30. The van der Waals surface area contributed by atoms with E-state index in [1.807, 2.05) is 11.8 Å². The Morgan fingerprint density at radius 3 is 2.81 bits per heavy atom. The van der Waals surface area contributed by atoms with Crippen LogP contribution in [0.5, 0.6) is 5.75 Å². The summed E-state index contributed by atoms with van der Waals surface area (Å²) in [5, 5.41) is 0. The standard InChI is InChI=1S/C17H25NO2S/c1-14-12-17(18(13-14)8-9-19)15-4-6-16(7-5-15)20-10-3-11-21-2/h4-7,9,14,17H,3,8,10-13H2,1-2H3. The fraction of sp³-hybridized carbons (Fsp3) is 0.588. The van der Waals surface area contributed by atoms with Crippen LogP contribution in [0, 0.1) is 5.92 Å². The van der Waals surface area contributed by atoms with Crippen LogP contribution in [-0.4, -0.2) is 42.9 Å². The lowest BCUT2D eigenvalue weighted by Crippen LogP contribution is -2.25. The number of likely N-dealkylation sites (tertiary alicyclic amines) is 1. The highest BCUT2D eigenvalue weighted by atomic mass is 32.2. The van der Waals surface area contributed by atoms with Crippen LogP contribution in [0.4, 0.5) is 0 Å². The maximum absolute atomic E-state index is 10.8. The summed E-state index contributed by atoms with van der Waals surface area (Å²) in [6, 6.07) is 8.76. The Morgan fingerprint density at radius 2 is 2.14 bits per heavy atom. The van der Waals surface area contributed by atoms with Crippen molar-refractivity contribution in [3.05, 3.63) is 29.8 Å². The van der Waals surface area contributed by atoms with Gasteiger partial charge in [0.1, 0.15) is 12.0 Å². The van der Waals surface area contributed by atoms with Crippen molar-refractivity contribution in [2.75, 3.05) is 31.7 Å². The normalized spacial score (nSPS) is 22.4. The van der Waals surface area contributed by atoms with Gasteiger partial charge in [-0.25, -0.2) is 0 Å². The Bertz CT molecular complexity index is 435. The van der Waals surface area contributed by atoms with Crippen molar-refractivity contribution in [3.63, 3.8) is 0 Å². The molecule has 1 aromatic carbocycles. The van der Waals surface area contributed by atoms with E-state index in [1.165, 1.54) is 5.56 Å².